The number of benzene rings is 3. The van der Waals surface area contributed by atoms with Crippen LogP contribution in [0.25, 0.3) is 22.5 Å². The fourth-order valence-electron chi connectivity index (χ4n) is 3.21. The Labute approximate surface area is 217 Å². The van der Waals surface area contributed by atoms with Gasteiger partial charge in [0.05, 0.1) is 20.8 Å². The van der Waals surface area contributed by atoms with Crippen molar-refractivity contribution in [2.24, 2.45) is 0 Å². The van der Waals surface area contributed by atoms with E-state index in [1.807, 2.05) is 86.6 Å². The summed E-state index contributed by atoms with van der Waals surface area (Å²) in [6.45, 7) is 3.77. The molecule has 0 saturated heterocycles. The van der Waals surface area contributed by atoms with Crippen molar-refractivity contribution < 1.29 is 9.05 Å². The van der Waals surface area contributed by atoms with Crippen LogP contribution in [0, 0.1) is 40.6 Å². The Hall–Kier alpha value is -4.14. The molecule has 5 aromatic rings. The molecule has 0 aliphatic heterocycles. The zero-order chi connectivity index (χ0) is 24.6. The Morgan fingerprint density at radius 2 is 1.17 bits per heavy atom. The van der Waals surface area contributed by atoms with Gasteiger partial charge in [-0.15, -0.1) is 0 Å². The lowest BCUT2D eigenvalue weighted by Crippen LogP contribution is -1.83. The third-order valence-electron chi connectivity index (χ3n) is 5.09. The molecule has 2 heterocycles. The minimum atomic E-state index is 0.622. The lowest BCUT2D eigenvalue weighted by Gasteiger charge is -1.95. The Morgan fingerprint density at radius 1 is 0.657 bits per heavy atom. The second-order valence-electron chi connectivity index (χ2n) is 7.53. The molecule has 0 aliphatic carbocycles. The fraction of sp³-hybridized carbons (Fsp3) is 0.0690. The van der Waals surface area contributed by atoms with E-state index in [0.29, 0.717) is 11.3 Å². The highest BCUT2D eigenvalue weighted by atomic mass is 127. The second-order valence-corrected chi connectivity index (χ2v) is 8.61. The third-order valence-corrected chi connectivity index (χ3v) is 6.36. The lowest BCUT2D eigenvalue weighted by molar-refractivity contribution is 0.398. The van der Waals surface area contributed by atoms with Crippen molar-refractivity contribution in [2.45, 2.75) is 13.8 Å². The molecule has 0 aliphatic rings. The Kier molecular flexibility index (Phi) is 7.77. The third kappa shape index (κ3) is 5.87. The number of hydrogen-bond donors (Lipinski definition) is 0. The zero-order valence-electron chi connectivity index (χ0n) is 19.1. The molecular weight excluding hydrogens is 549 g/mol. The number of aromatic nitrogens is 2. The topological polar surface area (TPSA) is 75.8 Å². The molecule has 0 unspecified atom stereocenters. The van der Waals surface area contributed by atoms with E-state index in [4.69, 9.17) is 14.3 Å². The first-order valence-electron chi connectivity index (χ1n) is 10.8. The van der Waals surface area contributed by atoms with Gasteiger partial charge >= 0.3 is 0 Å². The van der Waals surface area contributed by atoms with Gasteiger partial charge in [0.15, 0.2) is 0 Å². The predicted molar refractivity (Wildman–Crippen MR) is 143 cm³/mol. The summed E-state index contributed by atoms with van der Waals surface area (Å²) in [6, 6.07) is 29.1. The van der Waals surface area contributed by atoms with Crippen molar-refractivity contribution in [2.75, 3.05) is 0 Å². The van der Waals surface area contributed by atoms with E-state index < -0.39 is 0 Å². The monoisotopic (exact) mass is 569 g/mol. The molecule has 0 radical (unpaired) electrons. The first-order valence-corrected chi connectivity index (χ1v) is 11.9. The minimum absolute atomic E-state index is 0.622. The van der Waals surface area contributed by atoms with Crippen LogP contribution in [0.1, 0.15) is 28.2 Å². The van der Waals surface area contributed by atoms with E-state index in [2.05, 4.69) is 50.8 Å². The van der Waals surface area contributed by atoms with Crippen LogP contribution in [0.2, 0.25) is 0 Å². The maximum absolute atomic E-state index is 8.80. The summed E-state index contributed by atoms with van der Waals surface area (Å²) in [4.78, 5) is 0. The van der Waals surface area contributed by atoms with Crippen LogP contribution in [0.15, 0.2) is 94.0 Å². The van der Waals surface area contributed by atoms with E-state index in [0.717, 1.165) is 43.0 Å². The average Bonchev–Trinajstić information content (AvgIpc) is 3.45. The zero-order valence-corrected chi connectivity index (χ0v) is 21.3. The van der Waals surface area contributed by atoms with E-state index >= 15 is 0 Å². The molecule has 0 atom stereocenters. The Morgan fingerprint density at radius 3 is 1.71 bits per heavy atom. The molecule has 0 N–H and O–H groups in total. The van der Waals surface area contributed by atoms with Gasteiger partial charge in [0.1, 0.15) is 22.9 Å². The van der Waals surface area contributed by atoms with Crippen molar-refractivity contribution in [1.82, 2.24) is 10.3 Å². The van der Waals surface area contributed by atoms with E-state index in [1.165, 1.54) is 0 Å². The maximum Gasteiger partial charge on any atom is 0.149 e. The Bertz CT molecular complexity index is 1520. The number of rotatable bonds is 2. The van der Waals surface area contributed by atoms with Crippen molar-refractivity contribution in [3.05, 3.63) is 117 Å². The van der Waals surface area contributed by atoms with Crippen LogP contribution in [0.3, 0.4) is 0 Å². The molecule has 0 spiro atoms. The first kappa shape index (κ1) is 24.0. The smallest absolute Gasteiger partial charge is 0.149 e. The molecule has 0 amide bonds. The van der Waals surface area contributed by atoms with Crippen molar-refractivity contribution in [1.29, 1.82) is 5.26 Å². The van der Waals surface area contributed by atoms with Gasteiger partial charge in [-0.05, 0) is 60.7 Å². The molecule has 2 aromatic heterocycles. The van der Waals surface area contributed by atoms with Gasteiger partial charge in [0.2, 0.25) is 0 Å². The van der Waals surface area contributed by atoms with Crippen LogP contribution in [0.5, 0.6) is 0 Å². The fourth-order valence-corrected chi connectivity index (χ4v) is 3.72. The van der Waals surface area contributed by atoms with E-state index in [1.54, 1.807) is 12.1 Å². The minimum Gasteiger partial charge on any atom is -0.360 e. The SMILES string of the molecule is Cc1onc(-c2ccccc2)c1C#Cc1ccc(C#N)cc1.Cc1onc(-c2ccccc2)c1I. The molecule has 0 bridgehead atoms. The highest BCUT2D eigenvalue weighted by Crippen LogP contribution is 2.26. The second kappa shape index (κ2) is 11.3. The molecule has 35 heavy (non-hydrogen) atoms. The van der Waals surface area contributed by atoms with Crippen molar-refractivity contribution in [3.8, 4) is 40.4 Å². The quantitative estimate of drug-likeness (QED) is 0.166. The summed E-state index contributed by atoms with van der Waals surface area (Å²) in [5, 5.41) is 16.9. The number of hydrogen-bond acceptors (Lipinski definition) is 5. The van der Waals surface area contributed by atoms with Gasteiger partial charge in [0.25, 0.3) is 0 Å². The average molecular weight is 569 g/mol. The molecule has 5 rings (SSSR count). The van der Waals surface area contributed by atoms with Gasteiger partial charge in [-0.1, -0.05) is 82.8 Å². The number of halogens is 1. The summed E-state index contributed by atoms with van der Waals surface area (Å²) < 4.78 is 11.5. The van der Waals surface area contributed by atoms with Gasteiger partial charge in [-0.2, -0.15) is 5.26 Å². The van der Waals surface area contributed by atoms with Crippen molar-refractivity contribution >= 4 is 22.6 Å². The highest BCUT2D eigenvalue weighted by Gasteiger charge is 2.12. The molecule has 0 saturated carbocycles. The molecule has 6 heteroatoms. The lowest BCUT2D eigenvalue weighted by atomic mass is 10.1. The summed E-state index contributed by atoms with van der Waals surface area (Å²) >= 11 is 2.25. The molecule has 0 fully saturated rings. The summed E-state index contributed by atoms with van der Waals surface area (Å²) in [5.74, 6) is 7.78. The number of nitriles is 1. The summed E-state index contributed by atoms with van der Waals surface area (Å²) in [7, 11) is 0. The van der Waals surface area contributed by atoms with Crippen LogP contribution >= 0.6 is 22.6 Å². The van der Waals surface area contributed by atoms with Crippen molar-refractivity contribution in [3.63, 3.8) is 0 Å². The van der Waals surface area contributed by atoms with Gasteiger partial charge in [-0.25, -0.2) is 0 Å². The molecule has 170 valence electrons. The van der Waals surface area contributed by atoms with Crippen LogP contribution in [-0.4, -0.2) is 10.3 Å². The maximum atomic E-state index is 8.80. The summed E-state index contributed by atoms with van der Waals surface area (Å²) in [5.41, 5.74) is 6.01. The van der Waals surface area contributed by atoms with Gasteiger partial charge < -0.3 is 9.05 Å². The van der Waals surface area contributed by atoms with Crippen LogP contribution in [0.4, 0.5) is 0 Å². The normalized spacial score (nSPS) is 9.89. The predicted octanol–water partition coefficient (Wildman–Crippen LogP) is 7.18. The number of aryl methyl sites for hydroxylation is 2. The van der Waals surface area contributed by atoms with Crippen LogP contribution in [-0.2, 0) is 0 Å². The number of nitrogens with zero attached hydrogens (tertiary/aromatic N) is 3. The van der Waals surface area contributed by atoms with Gasteiger partial charge in [-0.3, -0.25) is 0 Å². The molecule has 5 nitrogen and oxygen atoms in total. The molecule has 3 aromatic carbocycles. The highest BCUT2D eigenvalue weighted by molar-refractivity contribution is 14.1. The van der Waals surface area contributed by atoms with Gasteiger partial charge in [0, 0.05) is 16.7 Å². The van der Waals surface area contributed by atoms with E-state index in [-0.39, 0.29) is 0 Å². The summed E-state index contributed by atoms with van der Waals surface area (Å²) in [6.07, 6.45) is 0. The standard InChI is InChI=1S/C19H12N2O.C10H8INO/c1-14-18(12-11-15-7-9-16(13-20)10-8-15)19(21-22-14)17-5-3-2-4-6-17;1-7-9(11)10(12-13-7)8-5-3-2-4-6-8/h2-10H,1H3;2-6H,1H3. The molecular formula is C29H20IN3O2. The Balaban J connectivity index is 0.000000189. The first-order chi connectivity index (χ1) is 17.1. The largest absolute Gasteiger partial charge is 0.360 e. The van der Waals surface area contributed by atoms with Crippen LogP contribution < -0.4 is 0 Å². The van der Waals surface area contributed by atoms with E-state index in [9.17, 15) is 0 Å².